The van der Waals surface area contributed by atoms with Gasteiger partial charge in [0.15, 0.2) is 5.96 Å². The number of aliphatic imine (C=N–C) groups is 1. The zero-order valence-corrected chi connectivity index (χ0v) is 18.0. The van der Waals surface area contributed by atoms with Gasteiger partial charge in [0.05, 0.1) is 19.8 Å². The van der Waals surface area contributed by atoms with Crippen molar-refractivity contribution < 1.29 is 14.2 Å². The van der Waals surface area contributed by atoms with Gasteiger partial charge in [-0.05, 0) is 31.5 Å². The van der Waals surface area contributed by atoms with Crippen molar-refractivity contribution in [2.45, 2.75) is 13.3 Å². The fourth-order valence-electron chi connectivity index (χ4n) is 1.84. The van der Waals surface area contributed by atoms with Gasteiger partial charge in [0, 0.05) is 31.8 Å². The first-order chi connectivity index (χ1) is 11.8. The van der Waals surface area contributed by atoms with Crippen LogP contribution in [0.2, 0.25) is 5.02 Å². The number of methoxy groups -OCH3 is 1. The zero-order valence-electron chi connectivity index (χ0n) is 14.9. The number of ether oxygens (including phenoxy) is 3. The van der Waals surface area contributed by atoms with Gasteiger partial charge in [0.2, 0.25) is 0 Å². The van der Waals surface area contributed by atoms with Gasteiger partial charge in [-0.2, -0.15) is 0 Å². The van der Waals surface area contributed by atoms with Gasteiger partial charge in [-0.25, -0.2) is 0 Å². The van der Waals surface area contributed by atoms with Crippen LogP contribution in [0, 0.1) is 0 Å². The van der Waals surface area contributed by atoms with Gasteiger partial charge < -0.3 is 24.8 Å². The topological polar surface area (TPSA) is 64.1 Å². The highest BCUT2D eigenvalue weighted by atomic mass is 127. The fraction of sp³-hybridized carbons (Fsp3) is 0.588. The first-order valence-corrected chi connectivity index (χ1v) is 8.61. The maximum Gasteiger partial charge on any atom is 0.191 e. The third-order valence-electron chi connectivity index (χ3n) is 2.95. The molecule has 0 fully saturated rings. The Bertz CT molecular complexity index is 478. The molecule has 0 unspecified atom stereocenters. The summed E-state index contributed by atoms with van der Waals surface area (Å²) < 4.78 is 16.0. The smallest absolute Gasteiger partial charge is 0.191 e. The Labute approximate surface area is 172 Å². The van der Waals surface area contributed by atoms with Gasteiger partial charge in [0.1, 0.15) is 12.4 Å². The van der Waals surface area contributed by atoms with Crippen molar-refractivity contribution in [1.29, 1.82) is 0 Å². The molecule has 144 valence electrons. The molecular weight excluding hydrogens is 457 g/mol. The maximum absolute atomic E-state index is 5.92. The van der Waals surface area contributed by atoms with Crippen LogP contribution in [-0.4, -0.2) is 59.1 Å². The van der Waals surface area contributed by atoms with Crippen LogP contribution in [0.15, 0.2) is 29.3 Å². The highest BCUT2D eigenvalue weighted by molar-refractivity contribution is 14.0. The lowest BCUT2D eigenvalue weighted by Crippen LogP contribution is -2.39. The van der Waals surface area contributed by atoms with Crippen LogP contribution in [-0.2, 0) is 9.47 Å². The van der Waals surface area contributed by atoms with Crippen LogP contribution in [0.25, 0.3) is 0 Å². The standard InChI is InChI=1S/C17H28ClN3O3.HI/c1-3-19-17(20-8-5-10-23-13-12-22-2)21-9-11-24-16-7-4-6-15(18)14-16;/h4,6-7,14H,3,5,8-13H2,1-2H3,(H2,19,20,21);1H. The Morgan fingerprint density at radius 1 is 1.16 bits per heavy atom. The Balaban J connectivity index is 0.00000576. The number of hydrogen-bond acceptors (Lipinski definition) is 4. The second kappa shape index (κ2) is 16.7. The van der Waals surface area contributed by atoms with Crippen molar-refractivity contribution in [3.05, 3.63) is 29.3 Å². The molecule has 0 aliphatic rings. The van der Waals surface area contributed by atoms with E-state index in [4.69, 9.17) is 25.8 Å². The molecular formula is C17H29ClIN3O3. The summed E-state index contributed by atoms with van der Waals surface area (Å²) in [5.74, 6) is 1.54. The average molecular weight is 486 g/mol. The van der Waals surface area contributed by atoms with E-state index in [1.54, 1.807) is 13.2 Å². The largest absolute Gasteiger partial charge is 0.492 e. The molecule has 0 spiro atoms. The minimum atomic E-state index is 0. The van der Waals surface area contributed by atoms with E-state index in [-0.39, 0.29) is 24.0 Å². The molecule has 6 nitrogen and oxygen atoms in total. The first-order valence-electron chi connectivity index (χ1n) is 8.23. The molecule has 0 radical (unpaired) electrons. The SMILES string of the molecule is CCNC(=NCCCOCCOC)NCCOc1cccc(Cl)c1.I. The molecule has 2 N–H and O–H groups in total. The normalized spacial score (nSPS) is 10.9. The van der Waals surface area contributed by atoms with Crippen LogP contribution >= 0.6 is 35.6 Å². The molecule has 1 aromatic carbocycles. The third-order valence-corrected chi connectivity index (χ3v) is 3.19. The number of nitrogens with zero attached hydrogens (tertiary/aromatic N) is 1. The molecule has 0 aromatic heterocycles. The Morgan fingerprint density at radius 2 is 2.00 bits per heavy atom. The van der Waals surface area contributed by atoms with Crippen molar-refractivity contribution >= 4 is 41.5 Å². The fourth-order valence-corrected chi connectivity index (χ4v) is 2.02. The van der Waals surface area contributed by atoms with Crippen molar-refractivity contribution in [3.8, 4) is 5.75 Å². The number of nitrogens with one attached hydrogen (secondary N) is 2. The zero-order chi connectivity index (χ0) is 17.5. The van der Waals surface area contributed by atoms with E-state index in [9.17, 15) is 0 Å². The van der Waals surface area contributed by atoms with Crippen LogP contribution in [0.1, 0.15) is 13.3 Å². The lowest BCUT2D eigenvalue weighted by molar-refractivity contribution is 0.0702. The summed E-state index contributed by atoms with van der Waals surface area (Å²) >= 11 is 5.92. The van der Waals surface area contributed by atoms with Crippen molar-refractivity contribution in [2.75, 3.05) is 53.2 Å². The molecule has 0 atom stereocenters. The second-order valence-electron chi connectivity index (χ2n) is 4.95. The number of rotatable bonds is 12. The molecule has 0 bridgehead atoms. The summed E-state index contributed by atoms with van der Waals surface area (Å²) in [7, 11) is 1.66. The van der Waals surface area contributed by atoms with E-state index < -0.39 is 0 Å². The van der Waals surface area contributed by atoms with E-state index in [0.29, 0.717) is 44.5 Å². The van der Waals surface area contributed by atoms with Gasteiger partial charge in [-0.15, -0.1) is 24.0 Å². The molecule has 0 heterocycles. The molecule has 0 amide bonds. The first kappa shape index (κ1) is 24.2. The molecule has 1 rings (SSSR count). The molecule has 8 heteroatoms. The highest BCUT2D eigenvalue weighted by Gasteiger charge is 1.98. The lowest BCUT2D eigenvalue weighted by Gasteiger charge is -2.12. The lowest BCUT2D eigenvalue weighted by atomic mass is 10.3. The quantitative estimate of drug-likeness (QED) is 0.206. The minimum Gasteiger partial charge on any atom is -0.492 e. The number of hydrogen-bond donors (Lipinski definition) is 2. The van der Waals surface area contributed by atoms with E-state index >= 15 is 0 Å². The maximum atomic E-state index is 5.92. The number of guanidine groups is 1. The summed E-state index contributed by atoms with van der Waals surface area (Å²) in [6, 6.07) is 7.37. The summed E-state index contributed by atoms with van der Waals surface area (Å²) in [6.07, 6.45) is 0.874. The highest BCUT2D eigenvalue weighted by Crippen LogP contribution is 2.16. The second-order valence-corrected chi connectivity index (χ2v) is 5.39. The van der Waals surface area contributed by atoms with Crippen LogP contribution in [0.5, 0.6) is 5.75 Å². The van der Waals surface area contributed by atoms with Crippen molar-refractivity contribution in [1.82, 2.24) is 10.6 Å². The van der Waals surface area contributed by atoms with Gasteiger partial charge >= 0.3 is 0 Å². The molecule has 25 heavy (non-hydrogen) atoms. The molecule has 0 saturated carbocycles. The predicted molar refractivity (Wildman–Crippen MR) is 114 cm³/mol. The molecule has 1 aromatic rings. The minimum absolute atomic E-state index is 0. The predicted octanol–water partition coefficient (Wildman–Crippen LogP) is 2.95. The Hall–Kier alpha value is -0.770. The van der Waals surface area contributed by atoms with Gasteiger partial charge in [0.25, 0.3) is 0 Å². The molecule has 0 saturated heterocycles. The van der Waals surface area contributed by atoms with E-state index in [2.05, 4.69) is 15.6 Å². The monoisotopic (exact) mass is 485 g/mol. The summed E-state index contributed by atoms with van der Waals surface area (Å²) in [5, 5.41) is 7.11. The summed E-state index contributed by atoms with van der Waals surface area (Å²) in [6.45, 7) is 6.67. The van der Waals surface area contributed by atoms with E-state index in [0.717, 1.165) is 24.7 Å². The van der Waals surface area contributed by atoms with E-state index in [1.807, 2.05) is 25.1 Å². The molecule has 0 aliphatic heterocycles. The van der Waals surface area contributed by atoms with Crippen LogP contribution < -0.4 is 15.4 Å². The third kappa shape index (κ3) is 13.1. The Kier molecular flexibility index (Phi) is 16.2. The van der Waals surface area contributed by atoms with Crippen molar-refractivity contribution in [2.24, 2.45) is 4.99 Å². The number of halogens is 2. The molecule has 0 aliphatic carbocycles. The van der Waals surface area contributed by atoms with Gasteiger partial charge in [-0.3, -0.25) is 4.99 Å². The number of benzene rings is 1. The Morgan fingerprint density at radius 3 is 2.72 bits per heavy atom. The van der Waals surface area contributed by atoms with Crippen LogP contribution in [0.4, 0.5) is 0 Å². The van der Waals surface area contributed by atoms with Gasteiger partial charge in [-0.1, -0.05) is 17.7 Å². The van der Waals surface area contributed by atoms with Crippen LogP contribution in [0.3, 0.4) is 0 Å². The van der Waals surface area contributed by atoms with Crippen molar-refractivity contribution in [3.63, 3.8) is 0 Å². The summed E-state index contributed by atoms with van der Waals surface area (Å²) in [5.41, 5.74) is 0. The van der Waals surface area contributed by atoms with E-state index in [1.165, 1.54) is 0 Å². The average Bonchev–Trinajstić information content (AvgIpc) is 2.58. The summed E-state index contributed by atoms with van der Waals surface area (Å²) in [4.78, 5) is 4.50.